The first-order chi connectivity index (χ1) is 10.7. The highest BCUT2D eigenvalue weighted by Gasteiger charge is 2.23. The first-order valence-electron chi connectivity index (χ1n) is 7.60. The zero-order valence-electron chi connectivity index (χ0n) is 12.5. The molecule has 1 aliphatic heterocycles. The third-order valence-corrected chi connectivity index (χ3v) is 5.22. The van der Waals surface area contributed by atoms with E-state index in [0.717, 1.165) is 53.1 Å². The minimum absolute atomic E-state index is 0.101. The number of nitrogens with zero attached hydrogens (tertiary/aromatic N) is 3. The van der Waals surface area contributed by atoms with Gasteiger partial charge in [0, 0.05) is 36.7 Å². The molecule has 0 bridgehead atoms. The average molecular weight is 339 g/mol. The predicted octanol–water partition coefficient (Wildman–Crippen LogP) is 2.62. The fourth-order valence-corrected chi connectivity index (χ4v) is 3.87. The molecule has 5 nitrogen and oxygen atoms in total. The Morgan fingerprint density at radius 1 is 1.50 bits per heavy atom. The molecule has 0 fully saturated rings. The Kier molecular flexibility index (Phi) is 4.78. The number of hydrogen-bond donors (Lipinski definition) is 1. The third kappa shape index (κ3) is 3.50. The molecular weight excluding hydrogens is 320 g/mol. The van der Waals surface area contributed by atoms with Crippen LogP contribution >= 0.6 is 22.9 Å². The van der Waals surface area contributed by atoms with Gasteiger partial charge in [-0.3, -0.25) is 4.79 Å². The standard InChI is InChI=1S/C15H19ClN4OS/c1-2-13-18-19-14-7-3-10(9-20(13)14)17-15(21)8-5-11-4-6-12(16)22-11/h4,6,10H,2-3,5,7-9H2,1H3,(H,17,21)/t10-/m0/s1. The van der Waals surface area contributed by atoms with Gasteiger partial charge in [0.15, 0.2) is 0 Å². The van der Waals surface area contributed by atoms with Gasteiger partial charge in [-0.25, -0.2) is 0 Å². The van der Waals surface area contributed by atoms with Crippen molar-refractivity contribution in [2.75, 3.05) is 0 Å². The van der Waals surface area contributed by atoms with Gasteiger partial charge < -0.3 is 9.88 Å². The molecule has 0 spiro atoms. The van der Waals surface area contributed by atoms with Crippen LogP contribution in [0.3, 0.4) is 0 Å². The molecule has 7 heteroatoms. The minimum Gasteiger partial charge on any atom is -0.352 e. The zero-order chi connectivity index (χ0) is 15.5. The van der Waals surface area contributed by atoms with Gasteiger partial charge in [-0.2, -0.15) is 0 Å². The van der Waals surface area contributed by atoms with Gasteiger partial charge in [0.1, 0.15) is 11.6 Å². The Morgan fingerprint density at radius 2 is 2.36 bits per heavy atom. The number of halogens is 1. The maximum Gasteiger partial charge on any atom is 0.220 e. The lowest BCUT2D eigenvalue weighted by molar-refractivity contribution is -0.121. The SMILES string of the molecule is CCc1nnc2n1C[C@@H](NC(=O)CCc1ccc(Cl)s1)CC2. The quantitative estimate of drug-likeness (QED) is 0.911. The number of hydrogen-bond acceptors (Lipinski definition) is 4. The average Bonchev–Trinajstić information content (AvgIpc) is 3.10. The fourth-order valence-electron chi connectivity index (χ4n) is 2.79. The largest absolute Gasteiger partial charge is 0.352 e. The molecule has 22 heavy (non-hydrogen) atoms. The summed E-state index contributed by atoms with van der Waals surface area (Å²) in [6.45, 7) is 2.85. The summed E-state index contributed by atoms with van der Waals surface area (Å²) in [5.74, 6) is 2.14. The van der Waals surface area contributed by atoms with E-state index in [2.05, 4.69) is 27.0 Å². The maximum atomic E-state index is 12.1. The number of aryl methyl sites for hydroxylation is 3. The molecule has 0 unspecified atom stereocenters. The van der Waals surface area contributed by atoms with E-state index in [0.29, 0.717) is 6.42 Å². The first kappa shape index (κ1) is 15.5. The monoisotopic (exact) mass is 338 g/mol. The summed E-state index contributed by atoms with van der Waals surface area (Å²) in [7, 11) is 0. The summed E-state index contributed by atoms with van der Waals surface area (Å²) in [5.41, 5.74) is 0. The normalized spacial score (nSPS) is 17.3. The number of carbonyl (C=O) groups excluding carboxylic acids is 1. The Morgan fingerprint density at radius 3 is 3.09 bits per heavy atom. The zero-order valence-corrected chi connectivity index (χ0v) is 14.1. The van der Waals surface area contributed by atoms with Crippen molar-refractivity contribution >= 4 is 28.8 Å². The predicted molar refractivity (Wildman–Crippen MR) is 87.3 cm³/mol. The van der Waals surface area contributed by atoms with Crippen molar-refractivity contribution in [3.05, 3.63) is 33.0 Å². The Labute approximate surface area is 138 Å². The Balaban J connectivity index is 1.52. The highest BCUT2D eigenvalue weighted by Crippen LogP contribution is 2.22. The van der Waals surface area contributed by atoms with Crippen LogP contribution in [-0.2, 0) is 30.6 Å². The van der Waals surface area contributed by atoms with Crippen LogP contribution in [0.2, 0.25) is 4.34 Å². The molecule has 1 aliphatic rings. The number of carbonyl (C=O) groups is 1. The van der Waals surface area contributed by atoms with Crippen LogP contribution in [0, 0.1) is 0 Å². The first-order valence-corrected chi connectivity index (χ1v) is 8.79. The highest BCUT2D eigenvalue weighted by atomic mass is 35.5. The minimum atomic E-state index is 0.101. The molecule has 3 rings (SSSR count). The summed E-state index contributed by atoms with van der Waals surface area (Å²) in [6, 6.07) is 4.03. The van der Waals surface area contributed by atoms with Gasteiger partial charge >= 0.3 is 0 Å². The highest BCUT2D eigenvalue weighted by molar-refractivity contribution is 7.16. The molecule has 1 N–H and O–H groups in total. The number of fused-ring (bicyclic) bond motifs is 1. The molecule has 0 radical (unpaired) electrons. The topological polar surface area (TPSA) is 59.8 Å². The lowest BCUT2D eigenvalue weighted by Gasteiger charge is -2.25. The van der Waals surface area contributed by atoms with Crippen LogP contribution in [0.15, 0.2) is 12.1 Å². The van der Waals surface area contributed by atoms with Gasteiger partial charge in [0.2, 0.25) is 5.91 Å². The molecule has 1 amide bonds. The third-order valence-electron chi connectivity index (χ3n) is 3.93. The van der Waals surface area contributed by atoms with Crippen molar-refractivity contribution in [3.8, 4) is 0 Å². The van der Waals surface area contributed by atoms with E-state index in [-0.39, 0.29) is 11.9 Å². The molecule has 0 saturated carbocycles. The lowest BCUT2D eigenvalue weighted by atomic mass is 10.1. The number of thiophene rings is 1. The van der Waals surface area contributed by atoms with E-state index < -0.39 is 0 Å². The van der Waals surface area contributed by atoms with Crippen LogP contribution in [0.25, 0.3) is 0 Å². The lowest BCUT2D eigenvalue weighted by Crippen LogP contribution is -2.41. The fraction of sp³-hybridized carbons (Fsp3) is 0.533. The number of amides is 1. The van der Waals surface area contributed by atoms with Crippen molar-refractivity contribution < 1.29 is 4.79 Å². The second-order valence-electron chi connectivity index (χ2n) is 5.51. The Bertz CT molecular complexity index is 653. The van der Waals surface area contributed by atoms with E-state index in [9.17, 15) is 4.79 Å². The summed E-state index contributed by atoms with van der Waals surface area (Å²) < 4.78 is 2.92. The van der Waals surface area contributed by atoms with Gasteiger partial charge in [0.05, 0.1) is 4.34 Å². The van der Waals surface area contributed by atoms with E-state index in [1.807, 2.05) is 12.1 Å². The van der Waals surface area contributed by atoms with Crippen molar-refractivity contribution in [2.24, 2.45) is 0 Å². The van der Waals surface area contributed by atoms with Crippen molar-refractivity contribution in [1.29, 1.82) is 0 Å². The molecular formula is C15H19ClN4OS. The van der Waals surface area contributed by atoms with Gasteiger partial charge in [0.25, 0.3) is 0 Å². The molecule has 0 aromatic carbocycles. The molecule has 0 saturated heterocycles. The molecule has 2 aromatic rings. The van der Waals surface area contributed by atoms with Crippen molar-refractivity contribution in [1.82, 2.24) is 20.1 Å². The van der Waals surface area contributed by atoms with E-state index in [1.165, 1.54) is 11.3 Å². The Hall–Kier alpha value is -1.40. The van der Waals surface area contributed by atoms with Crippen LogP contribution in [0.4, 0.5) is 0 Å². The summed E-state index contributed by atoms with van der Waals surface area (Å²) in [4.78, 5) is 13.3. The number of nitrogens with one attached hydrogen (secondary N) is 1. The molecule has 0 aliphatic carbocycles. The van der Waals surface area contributed by atoms with Crippen LogP contribution in [-0.4, -0.2) is 26.7 Å². The summed E-state index contributed by atoms with van der Waals surface area (Å²) in [5, 5.41) is 11.5. The molecule has 2 aromatic heterocycles. The van der Waals surface area contributed by atoms with E-state index >= 15 is 0 Å². The van der Waals surface area contributed by atoms with Gasteiger partial charge in [-0.05, 0) is 25.0 Å². The van der Waals surface area contributed by atoms with Crippen LogP contribution in [0.1, 0.15) is 36.3 Å². The molecule has 118 valence electrons. The summed E-state index contributed by atoms with van der Waals surface area (Å²) >= 11 is 7.44. The van der Waals surface area contributed by atoms with E-state index in [4.69, 9.17) is 11.6 Å². The molecule has 1 atom stereocenters. The van der Waals surface area contributed by atoms with Crippen molar-refractivity contribution in [2.45, 2.75) is 51.6 Å². The number of aromatic nitrogens is 3. The van der Waals surface area contributed by atoms with Gasteiger partial charge in [-0.15, -0.1) is 21.5 Å². The van der Waals surface area contributed by atoms with Crippen LogP contribution < -0.4 is 5.32 Å². The van der Waals surface area contributed by atoms with Gasteiger partial charge in [-0.1, -0.05) is 18.5 Å². The maximum absolute atomic E-state index is 12.1. The van der Waals surface area contributed by atoms with E-state index in [1.54, 1.807) is 0 Å². The summed E-state index contributed by atoms with van der Waals surface area (Å²) in [6.07, 6.45) is 3.92. The number of rotatable bonds is 5. The van der Waals surface area contributed by atoms with Crippen LogP contribution in [0.5, 0.6) is 0 Å². The second-order valence-corrected chi connectivity index (χ2v) is 7.31. The molecule has 3 heterocycles. The smallest absolute Gasteiger partial charge is 0.220 e. The second kappa shape index (κ2) is 6.79. The van der Waals surface area contributed by atoms with Crippen molar-refractivity contribution in [3.63, 3.8) is 0 Å².